The Hall–Kier alpha value is -1.51. The molecule has 98 valence electrons. The van der Waals surface area contributed by atoms with Crippen LogP contribution < -0.4 is 5.32 Å². The molecule has 0 heterocycles. The van der Waals surface area contributed by atoms with E-state index in [1.165, 1.54) is 5.56 Å². The minimum absolute atomic E-state index is 0.246. The molecular formula is C15H21NO2. The number of rotatable bonds is 5. The second-order valence-electron chi connectivity index (χ2n) is 5.65. The first kappa shape index (κ1) is 12.9. The van der Waals surface area contributed by atoms with Crippen molar-refractivity contribution in [1.29, 1.82) is 0 Å². The molecule has 0 bridgehead atoms. The molecule has 1 saturated carbocycles. The van der Waals surface area contributed by atoms with Crippen LogP contribution in [-0.2, 0) is 4.79 Å². The number of nitrogens with one attached hydrogen (secondary N) is 1. The Morgan fingerprint density at radius 3 is 2.50 bits per heavy atom. The van der Waals surface area contributed by atoms with Crippen LogP contribution in [0.1, 0.15) is 45.1 Å². The standard InChI is InChI=1S/C15H21NO2/c1-10(2)12-6-4-5-7-13(12)16-15(3,14(17)18)11-8-9-11/h4-7,10-11,16H,8-9H2,1-3H3,(H,17,18). The first-order valence-electron chi connectivity index (χ1n) is 6.55. The molecule has 3 nitrogen and oxygen atoms in total. The van der Waals surface area contributed by atoms with E-state index < -0.39 is 11.5 Å². The maximum atomic E-state index is 11.5. The number of anilines is 1. The van der Waals surface area contributed by atoms with E-state index in [0.717, 1.165) is 18.5 Å². The maximum Gasteiger partial charge on any atom is 0.329 e. The zero-order valence-electron chi connectivity index (χ0n) is 11.2. The van der Waals surface area contributed by atoms with E-state index >= 15 is 0 Å². The van der Waals surface area contributed by atoms with Gasteiger partial charge < -0.3 is 10.4 Å². The Labute approximate surface area is 108 Å². The Morgan fingerprint density at radius 1 is 1.39 bits per heavy atom. The maximum absolute atomic E-state index is 11.5. The summed E-state index contributed by atoms with van der Waals surface area (Å²) in [5.41, 5.74) is 1.28. The highest BCUT2D eigenvalue weighted by Crippen LogP contribution is 2.42. The lowest BCUT2D eigenvalue weighted by atomic mass is 9.93. The fourth-order valence-electron chi connectivity index (χ4n) is 2.38. The van der Waals surface area contributed by atoms with Crippen molar-refractivity contribution in [3.8, 4) is 0 Å². The average Bonchev–Trinajstić information content (AvgIpc) is 3.13. The third kappa shape index (κ3) is 2.35. The van der Waals surface area contributed by atoms with Gasteiger partial charge in [0.25, 0.3) is 0 Å². The molecule has 1 aromatic rings. The number of hydrogen-bond acceptors (Lipinski definition) is 2. The van der Waals surface area contributed by atoms with Crippen molar-refractivity contribution in [2.24, 2.45) is 5.92 Å². The molecule has 1 unspecified atom stereocenters. The monoisotopic (exact) mass is 247 g/mol. The third-order valence-corrected chi connectivity index (χ3v) is 3.82. The van der Waals surface area contributed by atoms with Crippen LogP contribution in [0.15, 0.2) is 24.3 Å². The molecule has 1 atom stereocenters. The van der Waals surface area contributed by atoms with E-state index in [4.69, 9.17) is 0 Å². The predicted molar refractivity (Wildman–Crippen MR) is 72.9 cm³/mol. The van der Waals surface area contributed by atoms with Crippen LogP contribution in [0.4, 0.5) is 5.69 Å². The van der Waals surface area contributed by atoms with Gasteiger partial charge in [-0.3, -0.25) is 0 Å². The van der Waals surface area contributed by atoms with Crippen LogP contribution in [0.2, 0.25) is 0 Å². The van der Waals surface area contributed by atoms with Crippen molar-refractivity contribution >= 4 is 11.7 Å². The molecular weight excluding hydrogens is 226 g/mol. The second kappa shape index (κ2) is 4.63. The quantitative estimate of drug-likeness (QED) is 0.837. The van der Waals surface area contributed by atoms with E-state index in [9.17, 15) is 9.90 Å². The van der Waals surface area contributed by atoms with Gasteiger partial charge in [-0.25, -0.2) is 4.79 Å². The van der Waals surface area contributed by atoms with Crippen molar-refractivity contribution in [1.82, 2.24) is 0 Å². The van der Waals surface area contributed by atoms with E-state index in [-0.39, 0.29) is 5.92 Å². The van der Waals surface area contributed by atoms with Gasteiger partial charge in [0.15, 0.2) is 0 Å². The zero-order valence-corrected chi connectivity index (χ0v) is 11.2. The van der Waals surface area contributed by atoms with Gasteiger partial charge in [-0.2, -0.15) is 0 Å². The smallest absolute Gasteiger partial charge is 0.329 e. The normalized spacial score (nSPS) is 18.4. The Balaban J connectivity index is 2.30. The predicted octanol–water partition coefficient (Wildman–Crippen LogP) is 3.48. The Bertz CT molecular complexity index is 452. The number of carboxylic acid groups (broad SMARTS) is 1. The molecule has 0 saturated heterocycles. The number of carbonyl (C=O) groups is 1. The molecule has 0 aromatic heterocycles. The van der Waals surface area contributed by atoms with Crippen molar-refractivity contribution < 1.29 is 9.90 Å². The molecule has 0 radical (unpaired) electrons. The third-order valence-electron chi connectivity index (χ3n) is 3.82. The lowest BCUT2D eigenvalue weighted by Crippen LogP contribution is -2.45. The van der Waals surface area contributed by atoms with E-state index in [2.05, 4.69) is 25.2 Å². The van der Waals surface area contributed by atoms with E-state index in [1.807, 2.05) is 18.2 Å². The van der Waals surface area contributed by atoms with Crippen LogP contribution in [0.3, 0.4) is 0 Å². The van der Waals surface area contributed by atoms with Crippen LogP contribution >= 0.6 is 0 Å². The van der Waals surface area contributed by atoms with Crippen molar-refractivity contribution in [2.75, 3.05) is 5.32 Å². The van der Waals surface area contributed by atoms with E-state index in [0.29, 0.717) is 5.92 Å². The highest BCUT2D eigenvalue weighted by Gasteiger charge is 2.47. The molecule has 0 aliphatic heterocycles. The van der Waals surface area contributed by atoms with Gasteiger partial charge in [-0.15, -0.1) is 0 Å². The van der Waals surface area contributed by atoms with Crippen LogP contribution in [-0.4, -0.2) is 16.6 Å². The molecule has 1 aromatic carbocycles. The molecule has 1 aliphatic carbocycles. The van der Waals surface area contributed by atoms with Gasteiger partial charge in [0.05, 0.1) is 0 Å². The summed E-state index contributed by atoms with van der Waals surface area (Å²) in [7, 11) is 0. The average molecular weight is 247 g/mol. The number of aliphatic carboxylic acids is 1. The summed E-state index contributed by atoms with van der Waals surface area (Å²) in [5, 5.41) is 12.7. The molecule has 18 heavy (non-hydrogen) atoms. The molecule has 0 spiro atoms. The summed E-state index contributed by atoms with van der Waals surface area (Å²) >= 11 is 0. The molecule has 1 fully saturated rings. The largest absolute Gasteiger partial charge is 0.480 e. The van der Waals surface area contributed by atoms with Gasteiger partial charge in [-0.1, -0.05) is 32.0 Å². The minimum atomic E-state index is -0.842. The molecule has 2 N–H and O–H groups in total. The molecule has 1 aliphatic rings. The molecule has 3 heteroatoms. The second-order valence-corrected chi connectivity index (χ2v) is 5.65. The summed E-state index contributed by atoms with van der Waals surface area (Å²) in [6.45, 7) is 6.04. The molecule has 2 rings (SSSR count). The fourth-order valence-corrected chi connectivity index (χ4v) is 2.38. The summed E-state index contributed by atoms with van der Waals surface area (Å²) in [5.74, 6) is -0.135. The van der Waals surface area contributed by atoms with Crippen molar-refractivity contribution in [3.63, 3.8) is 0 Å². The summed E-state index contributed by atoms with van der Waals surface area (Å²) in [4.78, 5) is 11.5. The van der Waals surface area contributed by atoms with Gasteiger partial charge in [0, 0.05) is 5.69 Å². The summed E-state index contributed by atoms with van der Waals surface area (Å²) in [6.07, 6.45) is 2.00. The number of hydrogen-bond donors (Lipinski definition) is 2. The topological polar surface area (TPSA) is 49.3 Å². The lowest BCUT2D eigenvalue weighted by molar-refractivity contribution is -0.142. The number of para-hydroxylation sites is 1. The first-order valence-corrected chi connectivity index (χ1v) is 6.55. The van der Waals surface area contributed by atoms with Crippen molar-refractivity contribution in [2.45, 2.75) is 45.1 Å². The Morgan fingerprint density at radius 2 is 2.00 bits per heavy atom. The van der Waals surface area contributed by atoms with Crippen molar-refractivity contribution in [3.05, 3.63) is 29.8 Å². The van der Waals surface area contributed by atoms with Crippen LogP contribution in [0.25, 0.3) is 0 Å². The molecule has 0 amide bonds. The summed E-state index contributed by atoms with van der Waals surface area (Å²) < 4.78 is 0. The van der Waals surface area contributed by atoms with E-state index in [1.54, 1.807) is 6.92 Å². The van der Waals surface area contributed by atoms with Crippen LogP contribution in [0, 0.1) is 5.92 Å². The highest BCUT2D eigenvalue weighted by molar-refractivity contribution is 5.83. The minimum Gasteiger partial charge on any atom is -0.480 e. The first-order chi connectivity index (χ1) is 8.45. The SMILES string of the molecule is CC(C)c1ccccc1NC(C)(C(=O)O)C1CC1. The number of carboxylic acids is 1. The van der Waals surface area contributed by atoms with Crippen LogP contribution in [0.5, 0.6) is 0 Å². The van der Waals surface area contributed by atoms with Gasteiger partial charge in [0.2, 0.25) is 0 Å². The van der Waals surface area contributed by atoms with Gasteiger partial charge >= 0.3 is 5.97 Å². The van der Waals surface area contributed by atoms with Gasteiger partial charge in [0.1, 0.15) is 5.54 Å². The summed E-state index contributed by atoms with van der Waals surface area (Å²) in [6, 6.07) is 7.97. The highest BCUT2D eigenvalue weighted by atomic mass is 16.4. The lowest BCUT2D eigenvalue weighted by Gasteiger charge is -2.29. The number of benzene rings is 1. The van der Waals surface area contributed by atoms with Gasteiger partial charge in [-0.05, 0) is 43.2 Å². The fraction of sp³-hybridized carbons (Fsp3) is 0.533. The Kier molecular flexibility index (Phi) is 3.33. The zero-order chi connectivity index (χ0) is 13.3.